The third-order valence-corrected chi connectivity index (χ3v) is 4.27. The molecule has 0 aliphatic carbocycles. The number of rotatable bonds is 5. The lowest BCUT2D eigenvalue weighted by molar-refractivity contribution is -0.148. The summed E-state index contributed by atoms with van der Waals surface area (Å²) in [6, 6.07) is 10.1. The maximum Gasteiger partial charge on any atom is 0.331 e. The van der Waals surface area contributed by atoms with Crippen LogP contribution < -0.4 is 14.8 Å². The Hall–Kier alpha value is -2.70. The van der Waals surface area contributed by atoms with Crippen molar-refractivity contribution in [3.8, 4) is 11.5 Å². The summed E-state index contributed by atoms with van der Waals surface area (Å²) >= 11 is 12.1. The first-order chi connectivity index (χ1) is 12.9. The smallest absolute Gasteiger partial charge is 0.331 e. The average molecular weight is 408 g/mol. The normalized spacial score (nSPS) is 13.4. The highest BCUT2D eigenvalue weighted by atomic mass is 35.5. The molecule has 0 aromatic heterocycles. The number of esters is 1. The maximum atomic E-state index is 12.1. The molecule has 1 aliphatic heterocycles. The van der Waals surface area contributed by atoms with Crippen LogP contribution in [0.1, 0.15) is 12.5 Å². The second-order valence-electron chi connectivity index (χ2n) is 5.62. The lowest BCUT2D eigenvalue weighted by Gasteiger charge is -2.13. The zero-order valence-corrected chi connectivity index (χ0v) is 15.7. The molecule has 6 nitrogen and oxygen atoms in total. The molecule has 0 unspecified atom stereocenters. The van der Waals surface area contributed by atoms with Gasteiger partial charge in [-0.25, -0.2) is 4.79 Å². The number of nitrogens with one attached hydrogen (secondary N) is 1. The van der Waals surface area contributed by atoms with Gasteiger partial charge in [0.2, 0.25) is 6.79 Å². The number of hydrogen-bond acceptors (Lipinski definition) is 5. The van der Waals surface area contributed by atoms with E-state index in [1.165, 1.54) is 19.1 Å². The van der Waals surface area contributed by atoms with Crippen LogP contribution >= 0.6 is 23.2 Å². The van der Waals surface area contributed by atoms with E-state index in [0.29, 0.717) is 32.8 Å². The van der Waals surface area contributed by atoms with Crippen LogP contribution in [0.15, 0.2) is 42.5 Å². The monoisotopic (exact) mass is 407 g/mol. The Morgan fingerprint density at radius 2 is 1.96 bits per heavy atom. The van der Waals surface area contributed by atoms with Gasteiger partial charge in [-0.15, -0.1) is 0 Å². The van der Waals surface area contributed by atoms with Gasteiger partial charge in [0, 0.05) is 6.08 Å². The Kier molecular flexibility index (Phi) is 5.88. The van der Waals surface area contributed by atoms with E-state index in [2.05, 4.69) is 5.32 Å². The highest BCUT2D eigenvalue weighted by Gasteiger charge is 2.19. The van der Waals surface area contributed by atoms with Gasteiger partial charge in [0.15, 0.2) is 17.6 Å². The van der Waals surface area contributed by atoms with Gasteiger partial charge in [-0.2, -0.15) is 0 Å². The zero-order valence-electron chi connectivity index (χ0n) is 14.2. The Balaban J connectivity index is 1.58. The van der Waals surface area contributed by atoms with Crippen molar-refractivity contribution in [3.05, 3.63) is 58.1 Å². The molecule has 0 spiro atoms. The number of halogens is 2. The van der Waals surface area contributed by atoms with Crippen LogP contribution in [-0.2, 0) is 14.3 Å². The predicted molar refractivity (Wildman–Crippen MR) is 102 cm³/mol. The molecule has 1 amide bonds. The molecule has 1 atom stereocenters. The first-order valence-corrected chi connectivity index (χ1v) is 8.73. The Labute approximate surface area is 165 Å². The number of fused-ring (bicyclic) bond motifs is 1. The summed E-state index contributed by atoms with van der Waals surface area (Å²) < 4.78 is 15.6. The number of hydrogen-bond donors (Lipinski definition) is 1. The number of para-hydroxylation sites is 1. The first kappa shape index (κ1) is 19.1. The van der Waals surface area contributed by atoms with E-state index in [9.17, 15) is 9.59 Å². The van der Waals surface area contributed by atoms with Gasteiger partial charge >= 0.3 is 5.97 Å². The Morgan fingerprint density at radius 3 is 2.74 bits per heavy atom. The minimum atomic E-state index is -1.00. The van der Waals surface area contributed by atoms with Crippen molar-refractivity contribution < 1.29 is 23.8 Å². The van der Waals surface area contributed by atoms with Gasteiger partial charge in [-0.1, -0.05) is 35.3 Å². The van der Waals surface area contributed by atoms with E-state index >= 15 is 0 Å². The number of benzene rings is 2. The van der Waals surface area contributed by atoms with Crippen LogP contribution in [0.4, 0.5) is 5.69 Å². The quantitative estimate of drug-likeness (QED) is 0.590. The van der Waals surface area contributed by atoms with Gasteiger partial charge < -0.3 is 19.5 Å². The molecule has 3 rings (SSSR count). The summed E-state index contributed by atoms with van der Waals surface area (Å²) in [5, 5.41) is 3.38. The number of anilines is 1. The number of carbonyl (C=O) groups excluding carboxylic acids is 2. The predicted octanol–water partition coefficient (Wildman–Crippen LogP) is 4.31. The molecule has 27 heavy (non-hydrogen) atoms. The minimum absolute atomic E-state index is 0.0995. The maximum absolute atomic E-state index is 12.1. The second kappa shape index (κ2) is 8.33. The SMILES string of the molecule is C[C@@H](OC(=O)/C=C/c1cc(Cl)c2c(c1)OCO2)C(=O)Nc1ccccc1Cl. The van der Waals surface area contributed by atoms with Gasteiger partial charge in [0.05, 0.1) is 15.7 Å². The summed E-state index contributed by atoms with van der Waals surface area (Å²) in [6.07, 6.45) is 1.71. The fourth-order valence-corrected chi connectivity index (χ4v) is 2.77. The van der Waals surface area contributed by atoms with Crippen LogP contribution in [0.25, 0.3) is 6.08 Å². The van der Waals surface area contributed by atoms with Crippen molar-refractivity contribution in [2.45, 2.75) is 13.0 Å². The van der Waals surface area contributed by atoms with Gasteiger partial charge in [-0.3, -0.25) is 4.79 Å². The molecule has 0 bridgehead atoms. The molecule has 2 aromatic rings. The summed E-state index contributed by atoms with van der Waals surface area (Å²) in [5.74, 6) is -0.189. The summed E-state index contributed by atoms with van der Waals surface area (Å²) in [4.78, 5) is 24.1. The van der Waals surface area contributed by atoms with E-state index in [-0.39, 0.29) is 6.79 Å². The molecule has 1 aliphatic rings. The van der Waals surface area contributed by atoms with Crippen molar-refractivity contribution >= 4 is 46.8 Å². The lowest BCUT2D eigenvalue weighted by Crippen LogP contribution is -2.29. The summed E-state index contributed by atoms with van der Waals surface area (Å²) in [5.41, 5.74) is 1.08. The Morgan fingerprint density at radius 1 is 1.19 bits per heavy atom. The number of carbonyl (C=O) groups is 2. The van der Waals surface area contributed by atoms with Crippen molar-refractivity contribution in [2.75, 3.05) is 12.1 Å². The molecule has 0 saturated carbocycles. The zero-order chi connectivity index (χ0) is 19.4. The van der Waals surface area contributed by atoms with Crippen molar-refractivity contribution in [2.24, 2.45) is 0 Å². The van der Waals surface area contributed by atoms with Crippen molar-refractivity contribution in [1.82, 2.24) is 0 Å². The highest BCUT2D eigenvalue weighted by Crippen LogP contribution is 2.40. The van der Waals surface area contributed by atoms with Crippen molar-refractivity contribution in [3.63, 3.8) is 0 Å². The van der Waals surface area contributed by atoms with E-state index in [1.54, 1.807) is 36.4 Å². The molecule has 0 saturated heterocycles. The molecule has 0 radical (unpaired) electrons. The molecule has 0 fully saturated rings. The van der Waals surface area contributed by atoms with Crippen LogP contribution in [-0.4, -0.2) is 24.8 Å². The fourth-order valence-electron chi connectivity index (χ4n) is 2.31. The van der Waals surface area contributed by atoms with Gasteiger partial charge in [-0.05, 0) is 42.8 Å². The summed E-state index contributed by atoms with van der Waals surface area (Å²) in [7, 11) is 0. The lowest BCUT2D eigenvalue weighted by atomic mass is 10.2. The standard InChI is InChI=1S/C19H15Cl2NO5/c1-11(19(24)22-15-5-3-2-4-13(15)20)27-17(23)7-6-12-8-14(21)18-16(9-12)25-10-26-18/h2-9,11H,10H2,1H3,(H,22,24)/b7-6+/t11-/m1/s1. The molecule has 1 heterocycles. The van der Waals surface area contributed by atoms with E-state index in [4.69, 9.17) is 37.4 Å². The van der Waals surface area contributed by atoms with E-state index < -0.39 is 18.0 Å². The molecule has 140 valence electrons. The summed E-state index contributed by atoms with van der Waals surface area (Å²) in [6.45, 7) is 1.57. The third-order valence-electron chi connectivity index (χ3n) is 3.66. The fraction of sp³-hybridized carbons (Fsp3) is 0.158. The van der Waals surface area contributed by atoms with Crippen molar-refractivity contribution in [1.29, 1.82) is 0 Å². The van der Waals surface area contributed by atoms with Gasteiger partial charge in [0.25, 0.3) is 5.91 Å². The van der Waals surface area contributed by atoms with Gasteiger partial charge in [0.1, 0.15) is 0 Å². The third kappa shape index (κ3) is 4.72. The average Bonchev–Trinajstić information content (AvgIpc) is 3.11. The van der Waals surface area contributed by atoms with Crippen LogP contribution in [0.3, 0.4) is 0 Å². The Bertz CT molecular complexity index is 913. The molecular weight excluding hydrogens is 393 g/mol. The number of ether oxygens (including phenoxy) is 3. The molecule has 2 aromatic carbocycles. The minimum Gasteiger partial charge on any atom is -0.454 e. The topological polar surface area (TPSA) is 73.9 Å². The molecule has 8 heteroatoms. The number of amides is 1. The van der Waals surface area contributed by atoms with Crippen LogP contribution in [0.2, 0.25) is 10.0 Å². The molecule has 1 N–H and O–H groups in total. The highest BCUT2D eigenvalue weighted by molar-refractivity contribution is 6.33. The van der Waals surface area contributed by atoms with E-state index in [1.807, 2.05) is 0 Å². The second-order valence-corrected chi connectivity index (χ2v) is 6.43. The van der Waals surface area contributed by atoms with Crippen LogP contribution in [0, 0.1) is 0 Å². The largest absolute Gasteiger partial charge is 0.454 e. The van der Waals surface area contributed by atoms with Crippen LogP contribution in [0.5, 0.6) is 11.5 Å². The van der Waals surface area contributed by atoms with E-state index in [0.717, 1.165) is 0 Å². The molecular formula is C19H15Cl2NO5. The first-order valence-electron chi connectivity index (χ1n) is 7.97.